The molecule has 0 aliphatic rings. The lowest BCUT2D eigenvalue weighted by Crippen LogP contribution is -1.94. The molecule has 1 aromatic carbocycles. The van der Waals surface area contributed by atoms with Crippen LogP contribution in [-0.4, -0.2) is 6.29 Å². The molecule has 0 spiro atoms. The van der Waals surface area contributed by atoms with E-state index in [4.69, 9.17) is 11.6 Å². The molecule has 1 nitrogen and oxygen atoms in total. The van der Waals surface area contributed by atoms with E-state index in [1.54, 1.807) is 0 Å². The van der Waals surface area contributed by atoms with Crippen molar-refractivity contribution in [3.63, 3.8) is 0 Å². The summed E-state index contributed by atoms with van der Waals surface area (Å²) in [6.45, 7) is 0. The Balaban J connectivity index is 3.09. The predicted octanol–water partition coefficient (Wildman–Crippen LogP) is 3.11. The Morgan fingerprint density at radius 3 is 2.75 bits per heavy atom. The molecule has 0 heterocycles. The van der Waals surface area contributed by atoms with Crippen LogP contribution in [0.3, 0.4) is 0 Å². The highest BCUT2D eigenvalue weighted by atomic mass is 79.9. The standard InChI is InChI=1S/C8H5BrClFO/c9-7(4-12)6-2-1-5(10)3-8(6)11/h1-4,7H/t7-/m1/s1. The van der Waals surface area contributed by atoms with Crippen LogP contribution >= 0.6 is 27.5 Å². The van der Waals surface area contributed by atoms with Crippen molar-refractivity contribution in [2.45, 2.75) is 4.83 Å². The van der Waals surface area contributed by atoms with Crippen LogP contribution in [0.25, 0.3) is 0 Å². The molecule has 0 N–H and O–H groups in total. The SMILES string of the molecule is O=C[C@@H](Br)c1ccc(Cl)cc1F. The van der Waals surface area contributed by atoms with E-state index >= 15 is 0 Å². The van der Waals surface area contributed by atoms with Gasteiger partial charge in [-0.1, -0.05) is 33.6 Å². The zero-order valence-corrected chi connectivity index (χ0v) is 8.27. The second-order valence-corrected chi connectivity index (χ2v) is 3.63. The molecule has 12 heavy (non-hydrogen) atoms. The van der Waals surface area contributed by atoms with Crippen molar-refractivity contribution in [1.82, 2.24) is 0 Å². The predicted molar refractivity (Wildman–Crippen MR) is 49.1 cm³/mol. The minimum absolute atomic E-state index is 0.300. The van der Waals surface area contributed by atoms with E-state index in [9.17, 15) is 9.18 Å². The van der Waals surface area contributed by atoms with Crippen LogP contribution in [0.4, 0.5) is 4.39 Å². The summed E-state index contributed by atoms with van der Waals surface area (Å²) in [5.74, 6) is -0.475. The van der Waals surface area contributed by atoms with Crippen molar-refractivity contribution >= 4 is 33.8 Å². The first-order chi connectivity index (χ1) is 5.65. The summed E-state index contributed by atoms with van der Waals surface area (Å²) in [4.78, 5) is 9.69. The van der Waals surface area contributed by atoms with E-state index in [-0.39, 0.29) is 0 Å². The van der Waals surface area contributed by atoms with E-state index in [1.807, 2.05) is 0 Å². The molecule has 0 aliphatic heterocycles. The molecule has 0 saturated carbocycles. The third-order valence-corrected chi connectivity index (χ3v) is 2.32. The third kappa shape index (κ3) is 2.05. The average molecular weight is 251 g/mol. The monoisotopic (exact) mass is 250 g/mol. The molecule has 0 bridgehead atoms. The quantitative estimate of drug-likeness (QED) is 0.583. The lowest BCUT2D eigenvalue weighted by Gasteiger charge is -2.03. The van der Waals surface area contributed by atoms with Crippen molar-refractivity contribution in [1.29, 1.82) is 0 Å². The van der Waals surface area contributed by atoms with Gasteiger partial charge in [0.25, 0.3) is 0 Å². The zero-order chi connectivity index (χ0) is 9.14. The molecule has 0 radical (unpaired) electrons. The van der Waals surface area contributed by atoms with Gasteiger partial charge in [-0.05, 0) is 12.1 Å². The Labute approximate surface area is 82.7 Å². The Kier molecular flexibility index (Phi) is 3.23. The summed E-state index contributed by atoms with van der Waals surface area (Å²) in [5.41, 5.74) is 0.300. The molecule has 0 unspecified atom stereocenters. The van der Waals surface area contributed by atoms with Crippen LogP contribution in [-0.2, 0) is 4.79 Å². The summed E-state index contributed by atoms with van der Waals surface area (Å²) in [6.07, 6.45) is 0.617. The summed E-state index contributed by atoms with van der Waals surface area (Å²) in [7, 11) is 0. The Hall–Kier alpha value is -0.410. The fourth-order valence-corrected chi connectivity index (χ4v) is 1.33. The molecule has 0 aliphatic carbocycles. The minimum atomic E-state index is -0.602. The first kappa shape index (κ1) is 9.68. The molecule has 0 amide bonds. The molecule has 0 fully saturated rings. The highest BCUT2D eigenvalue weighted by Crippen LogP contribution is 2.25. The zero-order valence-electron chi connectivity index (χ0n) is 5.93. The third-order valence-electron chi connectivity index (χ3n) is 1.38. The number of hydrogen-bond donors (Lipinski definition) is 0. The summed E-state index contributed by atoms with van der Waals surface area (Å²) >= 11 is 8.53. The minimum Gasteiger partial charge on any atom is -0.302 e. The second kappa shape index (κ2) is 4.01. The lowest BCUT2D eigenvalue weighted by molar-refractivity contribution is -0.107. The Morgan fingerprint density at radius 2 is 2.25 bits per heavy atom. The van der Waals surface area contributed by atoms with Crippen LogP contribution in [0.15, 0.2) is 18.2 Å². The first-order valence-electron chi connectivity index (χ1n) is 3.19. The Morgan fingerprint density at radius 1 is 1.58 bits per heavy atom. The van der Waals surface area contributed by atoms with Gasteiger partial charge in [-0.2, -0.15) is 0 Å². The number of alkyl halides is 1. The number of carbonyl (C=O) groups excluding carboxylic acids is 1. The van der Waals surface area contributed by atoms with Crippen molar-refractivity contribution in [3.05, 3.63) is 34.6 Å². The van der Waals surface area contributed by atoms with E-state index in [0.29, 0.717) is 16.9 Å². The van der Waals surface area contributed by atoms with Gasteiger partial charge in [0.15, 0.2) is 0 Å². The van der Waals surface area contributed by atoms with Gasteiger partial charge in [-0.15, -0.1) is 0 Å². The highest BCUT2D eigenvalue weighted by Gasteiger charge is 2.10. The average Bonchev–Trinajstić information content (AvgIpc) is 2.03. The Bertz CT molecular complexity index is 303. The van der Waals surface area contributed by atoms with Gasteiger partial charge in [0, 0.05) is 10.6 Å². The lowest BCUT2D eigenvalue weighted by atomic mass is 10.1. The van der Waals surface area contributed by atoms with Crippen LogP contribution in [0.2, 0.25) is 5.02 Å². The van der Waals surface area contributed by atoms with Crippen molar-refractivity contribution in [3.8, 4) is 0 Å². The van der Waals surface area contributed by atoms with Crippen LogP contribution in [0.1, 0.15) is 10.4 Å². The van der Waals surface area contributed by atoms with Crippen LogP contribution in [0, 0.1) is 5.82 Å². The molecule has 1 aromatic rings. The van der Waals surface area contributed by atoms with E-state index in [0.717, 1.165) is 0 Å². The number of carbonyl (C=O) groups is 1. The van der Waals surface area contributed by atoms with E-state index < -0.39 is 10.6 Å². The van der Waals surface area contributed by atoms with Crippen molar-refractivity contribution < 1.29 is 9.18 Å². The van der Waals surface area contributed by atoms with Gasteiger partial charge in [0.1, 0.15) is 12.1 Å². The molecule has 1 rings (SSSR count). The maximum absolute atomic E-state index is 13.0. The number of hydrogen-bond acceptors (Lipinski definition) is 1. The summed E-state index contributed by atoms with van der Waals surface area (Å²) in [6, 6.07) is 4.19. The van der Waals surface area contributed by atoms with E-state index in [2.05, 4.69) is 15.9 Å². The number of aldehydes is 1. The van der Waals surface area contributed by atoms with Gasteiger partial charge in [-0.25, -0.2) is 4.39 Å². The number of halogens is 3. The number of benzene rings is 1. The molecular weight excluding hydrogens is 246 g/mol. The van der Waals surface area contributed by atoms with Gasteiger partial charge >= 0.3 is 0 Å². The van der Waals surface area contributed by atoms with Crippen molar-refractivity contribution in [2.75, 3.05) is 0 Å². The largest absolute Gasteiger partial charge is 0.302 e. The van der Waals surface area contributed by atoms with Gasteiger partial charge in [-0.3, -0.25) is 0 Å². The number of rotatable bonds is 2. The maximum atomic E-state index is 13.0. The topological polar surface area (TPSA) is 17.1 Å². The second-order valence-electron chi connectivity index (χ2n) is 2.20. The van der Waals surface area contributed by atoms with Crippen LogP contribution in [0.5, 0.6) is 0 Å². The van der Waals surface area contributed by atoms with E-state index in [1.165, 1.54) is 18.2 Å². The first-order valence-corrected chi connectivity index (χ1v) is 4.49. The normalized spacial score (nSPS) is 12.6. The smallest absolute Gasteiger partial charge is 0.138 e. The maximum Gasteiger partial charge on any atom is 0.138 e. The van der Waals surface area contributed by atoms with Crippen LogP contribution < -0.4 is 0 Å². The molecular formula is C8H5BrClFO. The molecule has 0 aromatic heterocycles. The fraction of sp³-hybridized carbons (Fsp3) is 0.125. The van der Waals surface area contributed by atoms with Gasteiger partial charge in [0.2, 0.25) is 0 Å². The molecule has 1 atom stereocenters. The summed E-state index contributed by atoms with van der Waals surface area (Å²) < 4.78 is 13.0. The highest BCUT2D eigenvalue weighted by molar-refractivity contribution is 9.09. The van der Waals surface area contributed by atoms with Gasteiger partial charge in [0.05, 0.1) is 4.83 Å². The van der Waals surface area contributed by atoms with Gasteiger partial charge < -0.3 is 4.79 Å². The van der Waals surface area contributed by atoms with Crippen molar-refractivity contribution in [2.24, 2.45) is 0 Å². The summed E-state index contributed by atoms with van der Waals surface area (Å²) in [5, 5.41) is 0.321. The molecule has 0 saturated heterocycles. The molecule has 4 heteroatoms. The fourth-order valence-electron chi connectivity index (χ4n) is 0.798. The molecule has 64 valence electrons.